The van der Waals surface area contributed by atoms with Crippen LogP contribution in [0.15, 0.2) is 36.4 Å². The van der Waals surface area contributed by atoms with Crippen LogP contribution in [0.2, 0.25) is 0 Å². The van der Waals surface area contributed by atoms with Crippen molar-refractivity contribution in [2.75, 3.05) is 0 Å². The minimum absolute atomic E-state index is 0.122. The number of aryl methyl sites for hydroxylation is 1. The highest BCUT2D eigenvalue weighted by molar-refractivity contribution is 5.16. The van der Waals surface area contributed by atoms with Crippen molar-refractivity contribution in [1.29, 1.82) is 0 Å². The van der Waals surface area contributed by atoms with Crippen LogP contribution in [-0.4, -0.2) is 0 Å². The zero-order chi connectivity index (χ0) is 21.5. The molecule has 1 aromatic carbocycles. The molecule has 1 aromatic rings. The molecule has 0 atom stereocenters. The number of hydrogen-bond acceptors (Lipinski definition) is 0. The van der Waals surface area contributed by atoms with Gasteiger partial charge >= 0.3 is 0 Å². The van der Waals surface area contributed by atoms with Gasteiger partial charge in [0.05, 0.1) is 0 Å². The third kappa shape index (κ3) is 6.93. The average molecular weight is 425 g/mol. The zero-order valence-electron chi connectivity index (χ0n) is 19.9. The van der Waals surface area contributed by atoms with Crippen molar-refractivity contribution in [3.05, 3.63) is 47.8 Å². The molecule has 0 N–H and O–H groups in total. The molecule has 0 nitrogen and oxygen atoms in total. The first-order chi connectivity index (χ1) is 15.2. The molecule has 0 amide bonds. The zero-order valence-corrected chi connectivity index (χ0v) is 19.9. The fraction of sp³-hybridized carbons (Fsp3) is 0.733. The van der Waals surface area contributed by atoms with Crippen molar-refractivity contribution in [2.45, 2.75) is 103 Å². The quantitative estimate of drug-likeness (QED) is 0.383. The molecule has 172 valence electrons. The highest BCUT2D eigenvalue weighted by atomic mass is 19.1. The second kappa shape index (κ2) is 11.7. The van der Waals surface area contributed by atoms with Crippen LogP contribution >= 0.6 is 0 Å². The number of benzene rings is 1. The van der Waals surface area contributed by atoms with Gasteiger partial charge in [0, 0.05) is 0 Å². The Bertz CT molecular complexity index is 650. The first-order valence-electron chi connectivity index (χ1n) is 13.6. The van der Waals surface area contributed by atoms with Gasteiger partial charge in [-0.25, -0.2) is 4.39 Å². The normalized spacial score (nSPS) is 34.8. The van der Waals surface area contributed by atoms with Crippen molar-refractivity contribution in [1.82, 2.24) is 0 Å². The molecule has 4 rings (SSSR count). The molecular weight excluding hydrogens is 379 g/mol. The predicted molar refractivity (Wildman–Crippen MR) is 130 cm³/mol. The van der Waals surface area contributed by atoms with Gasteiger partial charge in [-0.05, 0) is 130 Å². The minimum Gasteiger partial charge on any atom is -0.207 e. The van der Waals surface area contributed by atoms with E-state index in [0.717, 1.165) is 41.9 Å². The van der Waals surface area contributed by atoms with Gasteiger partial charge in [0.1, 0.15) is 5.82 Å². The summed E-state index contributed by atoms with van der Waals surface area (Å²) >= 11 is 0. The molecule has 3 saturated carbocycles. The molecular formula is C30H45F. The molecule has 0 bridgehead atoms. The molecule has 0 radical (unpaired) electrons. The Morgan fingerprint density at radius 2 is 1.16 bits per heavy atom. The summed E-state index contributed by atoms with van der Waals surface area (Å²) < 4.78 is 13.1. The predicted octanol–water partition coefficient (Wildman–Crippen LogP) is 9.14. The topological polar surface area (TPSA) is 0 Å². The van der Waals surface area contributed by atoms with Crippen LogP contribution in [0.25, 0.3) is 0 Å². The molecule has 0 heterocycles. The molecule has 3 aliphatic rings. The van der Waals surface area contributed by atoms with Gasteiger partial charge in [-0.1, -0.05) is 50.5 Å². The van der Waals surface area contributed by atoms with Gasteiger partial charge in [-0.2, -0.15) is 0 Å². The third-order valence-corrected chi connectivity index (χ3v) is 9.25. The Hall–Kier alpha value is -1.11. The lowest BCUT2D eigenvalue weighted by atomic mass is 9.69. The van der Waals surface area contributed by atoms with E-state index in [1.165, 1.54) is 95.5 Å². The second-order valence-electron chi connectivity index (χ2n) is 11.2. The summed E-state index contributed by atoms with van der Waals surface area (Å²) in [6.07, 6.45) is 26.4. The minimum atomic E-state index is -0.122. The van der Waals surface area contributed by atoms with Crippen molar-refractivity contribution < 1.29 is 4.39 Å². The summed E-state index contributed by atoms with van der Waals surface area (Å²) in [6, 6.07) is 7.10. The molecule has 0 spiro atoms. The third-order valence-electron chi connectivity index (χ3n) is 9.25. The lowest BCUT2D eigenvalue weighted by Crippen LogP contribution is -2.25. The van der Waals surface area contributed by atoms with Gasteiger partial charge < -0.3 is 0 Å². The summed E-state index contributed by atoms with van der Waals surface area (Å²) in [6.45, 7) is 2.38. The van der Waals surface area contributed by atoms with Crippen LogP contribution in [0.1, 0.15) is 102 Å². The van der Waals surface area contributed by atoms with E-state index in [0.29, 0.717) is 0 Å². The van der Waals surface area contributed by atoms with Crippen LogP contribution in [0.4, 0.5) is 4.39 Å². The molecule has 1 heteroatoms. The Morgan fingerprint density at radius 1 is 0.677 bits per heavy atom. The van der Waals surface area contributed by atoms with Crippen molar-refractivity contribution in [3.63, 3.8) is 0 Å². The van der Waals surface area contributed by atoms with E-state index in [4.69, 9.17) is 0 Å². The summed E-state index contributed by atoms with van der Waals surface area (Å²) in [5, 5.41) is 0. The van der Waals surface area contributed by atoms with Gasteiger partial charge in [-0.3, -0.25) is 0 Å². The summed E-state index contributed by atoms with van der Waals surface area (Å²) in [5.41, 5.74) is 1.29. The number of rotatable bonds is 7. The molecule has 0 aliphatic heterocycles. The van der Waals surface area contributed by atoms with E-state index >= 15 is 0 Å². The first kappa shape index (κ1) is 23.1. The van der Waals surface area contributed by atoms with Gasteiger partial charge in [0.15, 0.2) is 0 Å². The van der Waals surface area contributed by atoms with Crippen LogP contribution in [-0.2, 0) is 6.42 Å². The maximum Gasteiger partial charge on any atom is 0.123 e. The Morgan fingerprint density at radius 3 is 1.71 bits per heavy atom. The number of allylic oxidation sites excluding steroid dienone is 2. The Labute approximate surface area is 191 Å². The largest absolute Gasteiger partial charge is 0.207 e. The molecule has 3 aliphatic carbocycles. The maximum absolute atomic E-state index is 13.1. The van der Waals surface area contributed by atoms with E-state index < -0.39 is 0 Å². The summed E-state index contributed by atoms with van der Waals surface area (Å²) in [7, 11) is 0. The molecule has 0 unspecified atom stereocenters. The SMILES string of the molecule is CC[C@H]1CC[C@H]([C@H]2CC[C@H](C=C[C@H]3CC[C@H](CCc4ccc(F)cc4)CC3)CC2)CC1. The van der Waals surface area contributed by atoms with E-state index in [1.54, 1.807) is 12.1 Å². The molecule has 0 aromatic heterocycles. The fourth-order valence-electron chi connectivity index (χ4n) is 6.88. The van der Waals surface area contributed by atoms with E-state index in [9.17, 15) is 4.39 Å². The summed E-state index contributed by atoms with van der Waals surface area (Å²) in [4.78, 5) is 0. The average Bonchev–Trinajstić information content (AvgIpc) is 2.83. The monoisotopic (exact) mass is 424 g/mol. The van der Waals surface area contributed by atoms with E-state index in [2.05, 4.69) is 19.1 Å². The lowest BCUT2D eigenvalue weighted by Gasteiger charge is -2.37. The first-order valence-corrected chi connectivity index (χ1v) is 13.6. The van der Waals surface area contributed by atoms with Gasteiger partial charge in [0.25, 0.3) is 0 Å². The van der Waals surface area contributed by atoms with E-state index in [1.807, 2.05) is 12.1 Å². The van der Waals surface area contributed by atoms with Gasteiger partial charge in [0.2, 0.25) is 0 Å². The van der Waals surface area contributed by atoms with Gasteiger partial charge in [-0.15, -0.1) is 0 Å². The highest BCUT2D eigenvalue weighted by Gasteiger charge is 2.30. The van der Waals surface area contributed by atoms with Crippen molar-refractivity contribution in [2.24, 2.45) is 35.5 Å². The standard InChI is InChI=1S/C30H45F/c1-2-23-11-17-28(18-12-23)29-19-13-26(14-20-29)9-7-24-3-5-25(6-4-24)8-10-27-15-21-30(31)22-16-27/h7,9,15-16,21-26,28-29H,2-6,8,10-14,17-20H2,1H3/t23-,24-,25-,26-,28-,29-. The van der Waals surface area contributed by atoms with Crippen molar-refractivity contribution in [3.8, 4) is 0 Å². The van der Waals surface area contributed by atoms with Crippen LogP contribution in [0, 0.1) is 41.3 Å². The number of hydrogen-bond donors (Lipinski definition) is 0. The smallest absolute Gasteiger partial charge is 0.123 e. The maximum atomic E-state index is 13.1. The van der Waals surface area contributed by atoms with Crippen molar-refractivity contribution >= 4 is 0 Å². The Kier molecular flexibility index (Phi) is 8.68. The lowest BCUT2D eigenvalue weighted by molar-refractivity contribution is 0.154. The van der Waals surface area contributed by atoms with Crippen LogP contribution < -0.4 is 0 Å². The number of halogens is 1. The van der Waals surface area contributed by atoms with E-state index in [-0.39, 0.29) is 5.82 Å². The molecule has 3 fully saturated rings. The second-order valence-corrected chi connectivity index (χ2v) is 11.2. The Balaban J connectivity index is 1.11. The molecule has 31 heavy (non-hydrogen) atoms. The van der Waals surface area contributed by atoms with Crippen LogP contribution in [0.5, 0.6) is 0 Å². The summed E-state index contributed by atoms with van der Waals surface area (Å²) in [5.74, 6) is 5.56. The van der Waals surface area contributed by atoms with Crippen LogP contribution in [0.3, 0.4) is 0 Å². The molecule has 0 saturated heterocycles. The fourth-order valence-corrected chi connectivity index (χ4v) is 6.88. The highest BCUT2D eigenvalue weighted by Crippen LogP contribution is 2.42.